The van der Waals surface area contributed by atoms with E-state index in [4.69, 9.17) is 0 Å². The summed E-state index contributed by atoms with van der Waals surface area (Å²) in [5.74, 6) is -0.431. The molecule has 0 spiro atoms. The van der Waals surface area contributed by atoms with Crippen LogP contribution in [-0.2, 0) is 30.4 Å². The van der Waals surface area contributed by atoms with Gasteiger partial charge in [-0.15, -0.1) is 0 Å². The number of nitrogens with zero attached hydrogens (tertiary/aromatic N) is 1. The van der Waals surface area contributed by atoms with Crippen LogP contribution in [0.5, 0.6) is 0 Å². The number of rotatable bonds is 7. The van der Waals surface area contributed by atoms with Crippen LogP contribution >= 0.6 is 15.9 Å². The first-order valence-electron chi connectivity index (χ1n) is 10.3. The smallest absolute Gasteiger partial charge is 0.223 e. The number of sulfonamides is 1. The van der Waals surface area contributed by atoms with E-state index in [1.54, 1.807) is 24.3 Å². The summed E-state index contributed by atoms with van der Waals surface area (Å²) in [6, 6.07) is 13.4. The molecule has 1 heterocycles. The molecule has 0 bridgehead atoms. The van der Waals surface area contributed by atoms with Gasteiger partial charge < -0.3 is 5.32 Å². The predicted octanol–water partition coefficient (Wildman–Crippen LogP) is 3.27. The molecule has 0 unspecified atom stereocenters. The van der Waals surface area contributed by atoms with Crippen LogP contribution in [-0.4, -0.2) is 46.4 Å². The molecule has 1 aliphatic rings. The second kappa shape index (κ2) is 10.0. The monoisotopic (exact) mass is 542 g/mol. The Balaban J connectivity index is 1.54. The van der Waals surface area contributed by atoms with Crippen molar-refractivity contribution in [1.82, 2.24) is 9.62 Å². The van der Waals surface area contributed by atoms with E-state index in [2.05, 4.69) is 21.2 Å². The second-order valence-electron chi connectivity index (χ2n) is 8.13. The third kappa shape index (κ3) is 6.40. The van der Waals surface area contributed by atoms with Gasteiger partial charge in [0.05, 0.1) is 16.7 Å². The fourth-order valence-electron chi connectivity index (χ4n) is 3.70. The average Bonchev–Trinajstić information content (AvgIpc) is 2.75. The van der Waals surface area contributed by atoms with Gasteiger partial charge in [-0.2, -0.15) is 0 Å². The van der Waals surface area contributed by atoms with E-state index < -0.39 is 19.9 Å². The van der Waals surface area contributed by atoms with Crippen molar-refractivity contribution in [3.8, 4) is 0 Å². The molecule has 3 rings (SSSR count). The average molecular weight is 544 g/mol. The summed E-state index contributed by atoms with van der Waals surface area (Å²) in [5.41, 5.74) is 1.53. The van der Waals surface area contributed by atoms with Crippen LogP contribution in [0.2, 0.25) is 0 Å². The molecular weight excluding hydrogens is 516 g/mol. The fourth-order valence-corrected chi connectivity index (χ4v) is 6.16. The third-order valence-electron chi connectivity index (χ3n) is 5.65. The van der Waals surface area contributed by atoms with Gasteiger partial charge >= 0.3 is 0 Å². The molecule has 1 fully saturated rings. The molecule has 2 aromatic rings. The van der Waals surface area contributed by atoms with E-state index in [0.717, 1.165) is 21.9 Å². The second-order valence-corrected chi connectivity index (χ2v) is 13.0. The van der Waals surface area contributed by atoms with Crippen molar-refractivity contribution in [3.05, 3.63) is 64.1 Å². The summed E-state index contributed by atoms with van der Waals surface area (Å²) in [5, 5.41) is 2.96. The molecule has 0 aromatic heterocycles. The Kier molecular flexibility index (Phi) is 7.80. The minimum atomic E-state index is -3.44. The first-order chi connectivity index (χ1) is 15.0. The maximum absolute atomic E-state index is 12.7. The molecule has 7 nitrogen and oxygen atoms in total. The Hall–Kier alpha value is -1.75. The SMILES string of the molecule is C[C@@H](NC(=O)C1CCN(S(=O)(=O)Cc2ccc(Br)cc2)CC1)c1ccc(S(C)(=O)=O)cc1. The van der Waals surface area contributed by atoms with E-state index >= 15 is 0 Å². The summed E-state index contributed by atoms with van der Waals surface area (Å²) in [4.78, 5) is 12.9. The highest BCUT2D eigenvalue weighted by Crippen LogP contribution is 2.24. The lowest BCUT2D eigenvalue weighted by atomic mass is 9.96. The molecule has 0 radical (unpaired) electrons. The highest BCUT2D eigenvalue weighted by atomic mass is 79.9. The lowest BCUT2D eigenvalue weighted by Crippen LogP contribution is -2.43. The molecule has 2 aromatic carbocycles. The van der Waals surface area contributed by atoms with E-state index in [9.17, 15) is 21.6 Å². The van der Waals surface area contributed by atoms with Gasteiger partial charge in [0.2, 0.25) is 15.9 Å². The van der Waals surface area contributed by atoms with Gasteiger partial charge in [0, 0.05) is 29.7 Å². The maximum atomic E-state index is 12.7. The number of hydrogen-bond donors (Lipinski definition) is 1. The minimum absolute atomic E-state index is 0.0579. The van der Waals surface area contributed by atoms with Gasteiger partial charge in [0.1, 0.15) is 0 Å². The number of carbonyl (C=O) groups is 1. The third-order valence-corrected chi connectivity index (χ3v) is 9.15. The number of nitrogens with one attached hydrogen (secondary N) is 1. The lowest BCUT2D eigenvalue weighted by Gasteiger charge is -2.31. The van der Waals surface area contributed by atoms with Crippen molar-refractivity contribution < 1.29 is 21.6 Å². The zero-order valence-corrected chi connectivity index (χ0v) is 21.2. The van der Waals surface area contributed by atoms with Crippen molar-refractivity contribution in [3.63, 3.8) is 0 Å². The highest BCUT2D eigenvalue weighted by molar-refractivity contribution is 9.10. The fraction of sp³-hybridized carbons (Fsp3) is 0.409. The molecular formula is C22H27BrN2O5S2. The Morgan fingerprint density at radius 2 is 1.59 bits per heavy atom. The van der Waals surface area contributed by atoms with Crippen LogP contribution in [0.25, 0.3) is 0 Å². The summed E-state index contributed by atoms with van der Waals surface area (Å²) in [7, 11) is -6.71. The Labute approximate surface area is 198 Å². The normalized spacial score (nSPS) is 17.1. The number of carbonyl (C=O) groups excluding carboxylic acids is 1. The molecule has 32 heavy (non-hydrogen) atoms. The van der Waals surface area contributed by atoms with Crippen LogP contribution in [0.1, 0.15) is 36.9 Å². The molecule has 0 aliphatic carbocycles. The first-order valence-corrected chi connectivity index (χ1v) is 14.6. The summed E-state index contributed by atoms with van der Waals surface area (Å²) in [6.07, 6.45) is 2.08. The van der Waals surface area contributed by atoms with Crippen molar-refractivity contribution >= 4 is 41.7 Å². The van der Waals surface area contributed by atoms with Crippen LogP contribution < -0.4 is 5.32 Å². The molecule has 1 saturated heterocycles. The molecule has 1 atom stereocenters. The van der Waals surface area contributed by atoms with Gasteiger partial charge in [0.15, 0.2) is 9.84 Å². The molecule has 1 N–H and O–H groups in total. The molecule has 1 amide bonds. The van der Waals surface area contributed by atoms with E-state index in [-0.39, 0.29) is 28.5 Å². The zero-order valence-electron chi connectivity index (χ0n) is 18.0. The van der Waals surface area contributed by atoms with E-state index in [1.165, 1.54) is 16.4 Å². The van der Waals surface area contributed by atoms with Gasteiger partial charge in [0.25, 0.3) is 0 Å². The van der Waals surface area contributed by atoms with Gasteiger partial charge in [-0.3, -0.25) is 4.79 Å². The van der Waals surface area contributed by atoms with Crippen LogP contribution in [0, 0.1) is 5.92 Å². The number of piperidine rings is 1. The largest absolute Gasteiger partial charge is 0.349 e. The Morgan fingerprint density at radius 1 is 1.03 bits per heavy atom. The summed E-state index contributed by atoms with van der Waals surface area (Å²) >= 11 is 3.34. The predicted molar refractivity (Wildman–Crippen MR) is 127 cm³/mol. The van der Waals surface area contributed by atoms with Crippen LogP contribution in [0.3, 0.4) is 0 Å². The maximum Gasteiger partial charge on any atom is 0.223 e. The van der Waals surface area contributed by atoms with Crippen LogP contribution in [0.15, 0.2) is 57.9 Å². The Morgan fingerprint density at radius 3 is 2.12 bits per heavy atom. The molecule has 10 heteroatoms. The minimum Gasteiger partial charge on any atom is -0.349 e. The zero-order chi connectivity index (χ0) is 23.5. The first kappa shape index (κ1) is 24.9. The summed E-state index contributed by atoms with van der Waals surface area (Å²) < 4.78 is 51.0. The van der Waals surface area contributed by atoms with E-state index in [1.807, 2.05) is 19.1 Å². The number of benzene rings is 2. The highest BCUT2D eigenvalue weighted by Gasteiger charge is 2.31. The number of hydrogen-bond acceptors (Lipinski definition) is 5. The van der Waals surface area contributed by atoms with Crippen molar-refractivity contribution in [2.75, 3.05) is 19.3 Å². The lowest BCUT2D eigenvalue weighted by molar-refractivity contribution is -0.126. The topological polar surface area (TPSA) is 101 Å². The number of amides is 1. The standard InChI is InChI=1S/C22H27BrN2O5S2/c1-16(18-5-9-21(10-6-18)31(2,27)28)24-22(26)19-11-13-25(14-12-19)32(29,30)15-17-3-7-20(23)8-4-17/h3-10,16,19H,11-15H2,1-2H3,(H,24,26)/t16-/m1/s1. The number of halogens is 1. The van der Waals surface area contributed by atoms with Crippen molar-refractivity contribution in [1.29, 1.82) is 0 Å². The summed E-state index contributed by atoms with van der Waals surface area (Å²) in [6.45, 7) is 2.47. The molecule has 0 saturated carbocycles. The van der Waals surface area contributed by atoms with Crippen molar-refractivity contribution in [2.45, 2.75) is 36.5 Å². The quantitative estimate of drug-likeness (QED) is 0.578. The Bertz CT molecular complexity index is 1160. The van der Waals surface area contributed by atoms with Gasteiger partial charge in [-0.1, -0.05) is 40.2 Å². The number of sulfone groups is 1. The molecule has 174 valence electrons. The van der Waals surface area contributed by atoms with Crippen LogP contribution in [0.4, 0.5) is 0 Å². The molecule has 1 aliphatic heterocycles. The van der Waals surface area contributed by atoms with Gasteiger partial charge in [-0.05, 0) is 55.2 Å². The van der Waals surface area contributed by atoms with E-state index in [0.29, 0.717) is 25.9 Å². The van der Waals surface area contributed by atoms with Crippen molar-refractivity contribution in [2.24, 2.45) is 5.92 Å². The van der Waals surface area contributed by atoms with Gasteiger partial charge in [-0.25, -0.2) is 21.1 Å².